The zero-order valence-electron chi connectivity index (χ0n) is 18.1. The highest BCUT2D eigenvalue weighted by Gasteiger charge is 2.22. The molecule has 0 amide bonds. The average Bonchev–Trinajstić information content (AvgIpc) is 2.63. The van der Waals surface area contributed by atoms with Crippen LogP contribution < -0.4 is 0 Å². The van der Waals surface area contributed by atoms with Crippen molar-refractivity contribution in [3.8, 4) is 0 Å². The van der Waals surface area contributed by atoms with E-state index >= 15 is 0 Å². The van der Waals surface area contributed by atoms with E-state index in [0.29, 0.717) is 0 Å². The Bertz CT molecular complexity index is 256. The summed E-state index contributed by atoms with van der Waals surface area (Å²) in [6.45, 7) is 4.04. The van der Waals surface area contributed by atoms with Crippen molar-refractivity contribution in [2.24, 2.45) is 0 Å². The summed E-state index contributed by atoms with van der Waals surface area (Å²) in [5, 5.41) is 7.12. The number of unbranched alkanes of at least 4 members (excludes halogenated alkanes) is 14. The number of hydrogen-bond donors (Lipinski definition) is 1. The van der Waals surface area contributed by atoms with E-state index in [9.17, 15) is 13.2 Å². The summed E-state index contributed by atoms with van der Waals surface area (Å²) in [4.78, 5) is 0. The molecule has 0 aromatic heterocycles. The smallest absolute Gasteiger partial charge is 0.381 e. The van der Waals surface area contributed by atoms with E-state index in [2.05, 4.69) is 18.2 Å². The number of hydrogen-bond acceptors (Lipinski definition) is 2. The van der Waals surface area contributed by atoms with E-state index in [4.69, 9.17) is 5.11 Å². The van der Waals surface area contributed by atoms with Crippen molar-refractivity contribution in [1.29, 1.82) is 0 Å². The molecule has 2 nitrogen and oxygen atoms in total. The molecule has 27 heavy (non-hydrogen) atoms. The number of rotatable bonds is 16. The lowest BCUT2D eigenvalue weighted by Crippen LogP contribution is -2.15. The zero-order valence-corrected chi connectivity index (χ0v) is 18.1. The molecule has 0 bridgehead atoms. The van der Waals surface area contributed by atoms with Crippen LogP contribution in [-0.2, 0) is 4.74 Å². The molecule has 0 spiro atoms. The minimum absolute atomic E-state index is 1.21. The number of methoxy groups -OCH3 is 1. The number of ether oxygens (including phenoxy) is 1. The van der Waals surface area contributed by atoms with Crippen LogP contribution in [0.15, 0.2) is 12.7 Å². The number of allylic oxidation sites excluding steroid dienone is 1. The molecule has 1 N–H and O–H groups in total. The molecule has 5 heteroatoms. The minimum atomic E-state index is -4.12. The van der Waals surface area contributed by atoms with Crippen molar-refractivity contribution in [1.82, 2.24) is 0 Å². The second-order valence-corrected chi connectivity index (χ2v) is 6.88. The lowest BCUT2D eigenvalue weighted by molar-refractivity contribution is -0.208. The molecule has 0 aromatic rings. The Kier molecular flexibility index (Phi) is 31.9. The van der Waals surface area contributed by atoms with Gasteiger partial charge in [0, 0.05) is 14.2 Å². The maximum atomic E-state index is 10.6. The standard InChI is InChI=1S/C18H36.C2H3F3O.C2H6O/c1-3-5-7-9-11-13-15-17-18-16-14-12-10-8-6-4-2;3-1-2(4,5)6;1-3-2/h3H,1,4-18H2,2H3;6H,1H2;1-2H3. The van der Waals surface area contributed by atoms with Gasteiger partial charge in [0.25, 0.3) is 0 Å². The van der Waals surface area contributed by atoms with Crippen LogP contribution in [-0.4, -0.2) is 32.1 Å². The summed E-state index contributed by atoms with van der Waals surface area (Å²) in [5.74, 6) is 0. The number of aliphatic hydroxyl groups is 1. The molecule has 0 unspecified atom stereocenters. The largest absolute Gasteiger partial charge is 0.388 e. The number of halogens is 3. The topological polar surface area (TPSA) is 29.5 Å². The van der Waals surface area contributed by atoms with Crippen LogP contribution in [0, 0.1) is 0 Å². The fraction of sp³-hybridized carbons (Fsp3) is 0.909. The van der Waals surface area contributed by atoms with Gasteiger partial charge in [0.15, 0.2) is 6.67 Å². The van der Waals surface area contributed by atoms with Crippen LogP contribution in [0.2, 0.25) is 0 Å². The Hall–Kier alpha value is -0.550. The predicted octanol–water partition coefficient (Wildman–Crippen LogP) is 7.85. The predicted molar refractivity (Wildman–Crippen MR) is 111 cm³/mol. The number of alkyl halides is 3. The van der Waals surface area contributed by atoms with Crippen molar-refractivity contribution in [2.75, 3.05) is 20.9 Å². The SMILES string of the molecule is C=CCCCCCCCCCCCCCCCC.COC.OC(F)(F)CF. The molecule has 0 aliphatic heterocycles. The highest BCUT2D eigenvalue weighted by Crippen LogP contribution is 2.13. The average molecular weight is 399 g/mol. The lowest BCUT2D eigenvalue weighted by atomic mass is 10.0. The van der Waals surface area contributed by atoms with Crippen LogP contribution in [0.5, 0.6) is 0 Å². The van der Waals surface area contributed by atoms with Gasteiger partial charge in [-0.1, -0.05) is 96.5 Å². The second kappa shape index (κ2) is 27.7. The van der Waals surface area contributed by atoms with Gasteiger partial charge in [0.1, 0.15) is 0 Å². The Morgan fingerprint density at radius 2 is 1.04 bits per heavy atom. The van der Waals surface area contributed by atoms with E-state index in [-0.39, 0.29) is 0 Å². The van der Waals surface area contributed by atoms with Crippen molar-refractivity contribution >= 4 is 0 Å². The van der Waals surface area contributed by atoms with Crippen LogP contribution in [0.1, 0.15) is 103 Å². The molecule has 0 aromatic carbocycles. The zero-order chi connectivity index (χ0) is 21.2. The third-order valence-electron chi connectivity index (χ3n) is 3.92. The van der Waals surface area contributed by atoms with Gasteiger partial charge in [-0.15, -0.1) is 6.58 Å². The highest BCUT2D eigenvalue weighted by atomic mass is 19.3. The molecule has 0 aliphatic carbocycles. The molecule has 0 atom stereocenters. The van der Waals surface area contributed by atoms with Crippen molar-refractivity contribution in [2.45, 2.75) is 109 Å². The van der Waals surface area contributed by atoms with E-state index < -0.39 is 12.8 Å². The van der Waals surface area contributed by atoms with Gasteiger partial charge in [0.2, 0.25) is 0 Å². The minimum Gasteiger partial charge on any atom is -0.388 e. The summed E-state index contributed by atoms with van der Waals surface area (Å²) in [5.41, 5.74) is 0. The third kappa shape index (κ3) is 46.0. The van der Waals surface area contributed by atoms with Gasteiger partial charge in [-0.25, -0.2) is 4.39 Å². The van der Waals surface area contributed by atoms with Crippen LogP contribution in [0.3, 0.4) is 0 Å². The van der Waals surface area contributed by atoms with Gasteiger partial charge >= 0.3 is 6.11 Å². The molecule has 0 fully saturated rings. The monoisotopic (exact) mass is 398 g/mol. The molecule has 166 valence electrons. The first-order valence-corrected chi connectivity index (χ1v) is 10.6. The Balaban J connectivity index is -0.000000530. The Labute approximate surface area is 166 Å². The maximum Gasteiger partial charge on any atom is 0.381 e. The van der Waals surface area contributed by atoms with Gasteiger partial charge in [0.05, 0.1) is 0 Å². The molecule has 0 rings (SSSR count). The molecule has 0 radical (unpaired) electrons. The summed E-state index contributed by atoms with van der Waals surface area (Å²) < 4.78 is 36.0. The van der Waals surface area contributed by atoms with Crippen LogP contribution in [0.4, 0.5) is 13.2 Å². The fourth-order valence-corrected chi connectivity index (χ4v) is 2.48. The van der Waals surface area contributed by atoms with Crippen molar-refractivity contribution in [3.63, 3.8) is 0 Å². The first-order valence-electron chi connectivity index (χ1n) is 10.6. The lowest BCUT2D eigenvalue weighted by Gasteiger charge is -2.02. The first-order chi connectivity index (χ1) is 12.9. The quantitative estimate of drug-likeness (QED) is 0.212. The third-order valence-corrected chi connectivity index (χ3v) is 3.92. The molecule has 0 heterocycles. The maximum absolute atomic E-state index is 10.6. The molecular weight excluding hydrogens is 353 g/mol. The van der Waals surface area contributed by atoms with E-state index in [1.807, 2.05) is 6.08 Å². The molecule has 0 saturated carbocycles. The fourth-order valence-electron chi connectivity index (χ4n) is 2.48. The first kappa shape index (κ1) is 31.2. The molecule has 0 saturated heterocycles. The van der Waals surface area contributed by atoms with E-state index in [1.54, 1.807) is 14.2 Å². The van der Waals surface area contributed by atoms with Gasteiger partial charge in [-0.2, -0.15) is 8.78 Å². The van der Waals surface area contributed by atoms with Crippen LogP contribution in [0.25, 0.3) is 0 Å². The van der Waals surface area contributed by atoms with E-state index in [0.717, 1.165) is 0 Å². The normalized spacial score (nSPS) is 10.5. The van der Waals surface area contributed by atoms with Crippen molar-refractivity contribution < 1.29 is 23.0 Å². The summed E-state index contributed by atoms with van der Waals surface area (Å²) >= 11 is 0. The van der Waals surface area contributed by atoms with Gasteiger partial charge in [-0.3, -0.25) is 0 Å². The summed E-state index contributed by atoms with van der Waals surface area (Å²) in [6.07, 6.45) is 19.3. The summed E-state index contributed by atoms with van der Waals surface area (Å²) in [6, 6.07) is 0. The summed E-state index contributed by atoms with van der Waals surface area (Å²) in [7, 11) is 3.25. The van der Waals surface area contributed by atoms with E-state index in [1.165, 1.54) is 96.3 Å². The van der Waals surface area contributed by atoms with Crippen LogP contribution >= 0.6 is 0 Å². The molecule has 0 aliphatic rings. The second-order valence-electron chi connectivity index (χ2n) is 6.88. The van der Waals surface area contributed by atoms with Crippen molar-refractivity contribution in [3.05, 3.63) is 12.7 Å². The van der Waals surface area contributed by atoms with Gasteiger partial charge < -0.3 is 9.84 Å². The highest BCUT2D eigenvalue weighted by molar-refractivity contribution is 4.65. The Morgan fingerprint density at radius 1 is 0.778 bits per heavy atom. The molecular formula is C22H45F3O2. The van der Waals surface area contributed by atoms with Gasteiger partial charge in [-0.05, 0) is 12.8 Å². The Morgan fingerprint density at radius 3 is 1.26 bits per heavy atom.